The van der Waals surface area contributed by atoms with Crippen LogP contribution in [0.2, 0.25) is 0 Å². The Balaban J connectivity index is 1.72. The van der Waals surface area contributed by atoms with Crippen LogP contribution >= 0.6 is 11.8 Å². The van der Waals surface area contributed by atoms with E-state index in [9.17, 15) is 4.79 Å². The molecule has 1 amide bonds. The summed E-state index contributed by atoms with van der Waals surface area (Å²) in [5.41, 5.74) is 5.33. The molecule has 6 nitrogen and oxygen atoms in total. The second-order valence-corrected chi connectivity index (χ2v) is 8.50. The fourth-order valence-corrected chi connectivity index (χ4v) is 4.21. The van der Waals surface area contributed by atoms with Crippen molar-refractivity contribution in [2.75, 3.05) is 29.1 Å². The van der Waals surface area contributed by atoms with E-state index in [1.54, 1.807) is 0 Å². The van der Waals surface area contributed by atoms with Crippen molar-refractivity contribution in [3.8, 4) is 11.4 Å². The summed E-state index contributed by atoms with van der Waals surface area (Å²) in [7, 11) is 0. The number of nitrogens with one attached hydrogen (secondary N) is 1. The maximum Gasteiger partial charge on any atom is 0.234 e. The van der Waals surface area contributed by atoms with Gasteiger partial charge in [0.05, 0.1) is 5.75 Å². The fourth-order valence-electron chi connectivity index (χ4n) is 3.46. The van der Waals surface area contributed by atoms with Crippen molar-refractivity contribution in [1.29, 1.82) is 0 Å². The zero-order valence-corrected chi connectivity index (χ0v) is 20.1. The third kappa shape index (κ3) is 5.59. The first kappa shape index (κ1) is 23.6. The average Bonchev–Trinajstić information content (AvgIpc) is 3.19. The van der Waals surface area contributed by atoms with Gasteiger partial charge in [-0.3, -0.25) is 9.36 Å². The summed E-state index contributed by atoms with van der Waals surface area (Å²) in [5, 5.41) is 12.4. The minimum Gasteiger partial charge on any atom is -0.372 e. The normalized spacial score (nSPS) is 10.8. The van der Waals surface area contributed by atoms with Crippen LogP contribution in [-0.4, -0.2) is 39.5 Å². The van der Waals surface area contributed by atoms with Crippen LogP contribution in [0.5, 0.6) is 0 Å². The van der Waals surface area contributed by atoms with Gasteiger partial charge in [-0.2, -0.15) is 0 Å². The van der Waals surface area contributed by atoms with E-state index >= 15 is 0 Å². The van der Waals surface area contributed by atoms with Crippen LogP contribution < -0.4 is 10.2 Å². The van der Waals surface area contributed by atoms with Crippen molar-refractivity contribution >= 4 is 29.0 Å². The summed E-state index contributed by atoms with van der Waals surface area (Å²) in [4.78, 5) is 14.8. The van der Waals surface area contributed by atoms with Crippen LogP contribution in [-0.2, 0) is 11.3 Å². The smallest absolute Gasteiger partial charge is 0.234 e. The molecule has 3 aromatic rings. The van der Waals surface area contributed by atoms with E-state index in [1.807, 2.05) is 35.8 Å². The van der Waals surface area contributed by atoms with Crippen LogP contribution in [0.1, 0.15) is 25.0 Å². The molecule has 1 heterocycles. The molecule has 0 aliphatic heterocycles. The third-order valence-corrected chi connectivity index (χ3v) is 6.37. The van der Waals surface area contributed by atoms with Crippen LogP contribution in [0.3, 0.4) is 0 Å². The Morgan fingerprint density at radius 2 is 1.81 bits per heavy atom. The lowest BCUT2D eigenvalue weighted by atomic mass is 10.1. The Morgan fingerprint density at radius 3 is 2.44 bits per heavy atom. The minimum atomic E-state index is -0.0727. The molecule has 0 unspecified atom stereocenters. The summed E-state index contributed by atoms with van der Waals surface area (Å²) in [6.45, 7) is 14.8. The SMILES string of the molecule is C=CCn1c(SCC(=O)Nc2ccc(C)c(C)c2)nnc1-c1ccc(N(CC)CC)cc1. The Kier molecular flexibility index (Phi) is 8.11. The average molecular weight is 450 g/mol. The molecule has 7 heteroatoms. The van der Waals surface area contributed by atoms with Gasteiger partial charge in [0.25, 0.3) is 0 Å². The molecule has 0 bridgehead atoms. The molecule has 1 aromatic heterocycles. The number of benzene rings is 2. The van der Waals surface area contributed by atoms with Gasteiger partial charge in [0.2, 0.25) is 5.91 Å². The van der Waals surface area contributed by atoms with E-state index in [2.05, 4.69) is 72.0 Å². The highest BCUT2D eigenvalue weighted by atomic mass is 32.2. The van der Waals surface area contributed by atoms with E-state index in [-0.39, 0.29) is 11.7 Å². The molecule has 0 saturated carbocycles. The highest BCUT2D eigenvalue weighted by molar-refractivity contribution is 7.99. The van der Waals surface area contributed by atoms with Crippen LogP contribution in [0.25, 0.3) is 11.4 Å². The summed E-state index contributed by atoms with van der Waals surface area (Å²) in [6, 6.07) is 14.3. The van der Waals surface area contributed by atoms with Crippen molar-refractivity contribution in [2.24, 2.45) is 0 Å². The standard InChI is InChI=1S/C25H31N5OS/c1-6-15-30-24(20-10-13-22(14-11-20)29(7-2)8-3)27-28-25(30)32-17-23(31)26-21-12-9-18(4)19(5)16-21/h6,9-14,16H,1,7-8,15,17H2,2-5H3,(H,26,31). The number of thioether (sulfide) groups is 1. The lowest BCUT2D eigenvalue weighted by molar-refractivity contribution is -0.113. The molecule has 0 fully saturated rings. The molecule has 0 aliphatic rings. The Bertz CT molecular complexity index is 1070. The Hall–Kier alpha value is -3.06. The van der Waals surface area contributed by atoms with E-state index in [0.29, 0.717) is 11.7 Å². The lowest BCUT2D eigenvalue weighted by Crippen LogP contribution is -2.21. The second-order valence-electron chi connectivity index (χ2n) is 7.56. The molecule has 0 aliphatic carbocycles. The largest absolute Gasteiger partial charge is 0.372 e. The van der Waals surface area contributed by atoms with Crippen LogP contribution in [0.15, 0.2) is 60.3 Å². The number of rotatable bonds is 10. The number of hydrogen-bond acceptors (Lipinski definition) is 5. The summed E-state index contributed by atoms with van der Waals surface area (Å²) in [5.74, 6) is 0.952. The third-order valence-electron chi connectivity index (χ3n) is 5.41. The highest BCUT2D eigenvalue weighted by Gasteiger charge is 2.15. The van der Waals surface area contributed by atoms with Crippen LogP contribution in [0, 0.1) is 13.8 Å². The van der Waals surface area contributed by atoms with Gasteiger partial charge in [-0.25, -0.2) is 0 Å². The molecule has 0 atom stereocenters. The van der Waals surface area contributed by atoms with Crippen molar-refractivity contribution in [1.82, 2.24) is 14.8 Å². The number of hydrogen-bond donors (Lipinski definition) is 1. The molecule has 168 valence electrons. The van der Waals surface area contributed by atoms with E-state index in [0.717, 1.165) is 35.7 Å². The summed E-state index contributed by atoms with van der Waals surface area (Å²) < 4.78 is 1.99. The zero-order valence-electron chi connectivity index (χ0n) is 19.3. The number of nitrogens with zero attached hydrogens (tertiary/aromatic N) is 4. The Labute approximate surface area is 194 Å². The van der Waals surface area contributed by atoms with Crippen molar-refractivity contribution < 1.29 is 4.79 Å². The van der Waals surface area contributed by atoms with Crippen molar-refractivity contribution in [3.63, 3.8) is 0 Å². The van der Waals surface area contributed by atoms with E-state index in [1.165, 1.54) is 23.0 Å². The number of aryl methyl sites for hydroxylation is 2. The molecule has 3 rings (SSSR count). The predicted octanol–water partition coefficient (Wildman–Crippen LogP) is 5.32. The number of anilines is 2. The molecular weight excluding hydrogens is 418 g/mol. The molecule has 0 saturated heterocycles. The van der Waals surface area contributed by atoms with Crippen molar-refractivity contribution in [2.45, 2.75) is 39.4 Å². The quantitative estimate of drug-likeness (QED) is 0.335. The number of carbonyl (C=O) groups excluding carboxylic acids is 1. The van der Waals surface area contributed by atoms with Gasteiger partial charge in [-0.15, -0.1) is 16.8 Å². The maximum absolute atomic E-state index is 12.5. The van der Waals surface area contributed by atoms with Gasteiger partial charge in [0.1, 0.15) is 0 Å². The number of allylic oxidation sites excluding steroid dienone is 1. The van der Waals surface area contributed by atoms with Gasteiger partial charge >= 0.3 is 0 Å². The molecule has 0 radical (unpaired) electrons. The predicted molar refractivity (Wildman–Crippen MR) is 134 cm³/mol. The van der Waals surface area contributed by atoms with E-state index < -0.39 is 0 Å². The zero-order chi connectivity index (χ0) is 23.1. The lowest BCUT2D eigenvalue weighted by Gasteiger charge is -2.21. The summed E-state index contributed by atoms with van der Waals surface area (Å²) in [6.07, 6.45) is 1.82. The monoisotopic (exact) mass is 449 g/mol. The first-order chi connectivity index (χ1) is 15.5. The van der Waals surface area contributed by atoms with Gasteiger partial charge in [0, 0.05) is 36.6 Å². The van der Waals surface area contributed by atoms with E-state index in [4.69, 9.17) is 0 Å². The maximum atomic E-state index is 12.5. The van der Waals surface area contributed by atoms with Gasteiger partial charge in [-0.05, 0) is 75.2 Å². The molecule has 2 aromatic carbocycles. The molecule has 1 N–H and O–H groups in total. The number of amides is 1. The minimum absolute atomic E-state index is 0.0727. The summed E-state index contributed by atoms with van der Waals surface area (Å²) >= 11 is 1.37. The molecule has 0 spiro atoms. The van der Waals surface area contributed by atoms with Gasteiger partial charge < -0.3 is 10.2 Å². The first-order valence-corrected chi connectivity index (χ1v) is 11.8. The van der Waals surface area contributed by atoms with Crippen LogP contribution in [0.4, 0.5) is 11.4 Å². The van der Waals surface area contributed by atoms with Gasteiger partial charge in [0.15, 0.2) is 11.0 Å². The number of carbonyl (C=O) groups is 1. The second kappa shape index (κ2) is 11.0. The van der Waals surface area contributed by atoms with Gasteiger partial charge in [-0.1, -0.05) is 23.9 Å². The number of aromatic nitrogens is 3. The highest BCUT2D eigenvalue weighted by Crippen LogP contribution is 2.26. The Morgan fingerprint density at radius 1 is 1.09 bits per heavy atom. The first-order valence-electron chi connectivity index (χ1n) is 10.9. The topological polar surface area (TPSA) is 63.1 Å². The molecular formula is C25H31N5OS. The molecule has 32 heavy (non-hydrogen) atoms. The van der Waals surface area contributed by atoms with Crippen molar-refractivity contribution in [3.05, 3.63) is 66.2 Å². The fraction of sp³-hybridized carbons (Fsp3) is 0.320.